The van der Waals surface area contributed by atoms with Gasteiger partial charge in [0, 0.05) is 17.1 Å². The maximum Gasteiger partial charge on any atom is 0.236 e. The largest absolute Gasteiger partial charge is 0.368 e. The van der Waals surface area contributed by atoms with Gasteiger partial charge in [-0.05, 0) is 36.8 Å². The predicted molar refractivity (Wildman–Crippen MR) is 114 cm³/mol. The molecule has 0 fully saturated rings. The highest BCUT2D eigenvalue weighted by molar-refractivity contribution is 5.85. The van der Waals surface area contributed by atoms with Crippen molar-refractivity contribution >= 4 is 22.7 Å². The third-order valence-corrected chi connectivity index (χ3v) is 4.54. The summed E-state index contributed by atoms with van der Waals surface area (Å²) in [5, 5.41) is 3.72. The Kier molecular flexibility index (Phi) is 7.81. The average molecular weight is 380 g/mol. The Balaban J connectivity index is 0.000000336. The maximum absolute atomic E-state index is 12.2. The van der Waals surface area contributed by atoms with Crippen LogP contribution < -0.4 is 11.1 Å². The van der Waals surface area contributed by atoms with Crippen LogP contribution in [0.3, 0.4) is 0 Å². The zero-order chi connectivity index (χ0) is 20.5. The smallest absolute Gasteiger partial charge is 0.236 e. The number of rotatable bonds is 6. The van der Waals surface area contributed by atoms with Crippen molar-refractivity contribution in [2.45, 2.75) is 27.2 Å². The number of aromatic nitrogens is 1. The van der Waals surface area contributed by atoms with Crippen molar-refractivity contribution in [3.63, 3.8) is 0 Å². The van der Waals surface area contributed by atoms with E-state index in [4.69, 9.17) is 5.73 Å². The third kappa shape index (κ3) is 6.58. The number of aromatic amines is 1. The van der Waals surface area contributed by atoms with Gasteiger partial charge < -0.3 is 16.0 Å². The van der Waals surface area contributed by atoms with Crippen LogP contribution in [0, 0.1) is 18.8 Å². The summed E-state index contributed by atoms with van der Waals surface area (Å²) in [5.41, 5.74) is 8.46. The number of H-pyrrole nitrogens is 1. The predicted octanol–water partition coefficient (Wildman–Crippen LogP) is 3.58. The highest BCUT2D eigenvalue weighted by Gasteiger charge is 2.23. The van der Waals surface area contributed by atoms with Crippen molar-refractivity contribution in [1.82, 2.24) is 10.3 Å². The molecule has 0 bridgehead atoms. The van der Waals surface area contributed by atoms with Gasteiger partial charge in [-0.15, -0.1) is 0 Å². The lowest BCUT2D eigenvalue weighted by Gasteiger charge is -2.19. The second kappa shape index (κ2) is 10.3. The standard InChI is InChI=1S/C16H21N3O2.C7H8/c1-10(2)13(16(21)18-9-15(17)20)8-12-7-11-5-3-4-6-14(11)19-12;1-7-5-3-2-4-6-7/h3-7,10,13,19H,8-9H2,1-2H3,(H2,17,20)(H,18,21);2-6H,1H3. The Morgan fingerprint density at radius 2 is 1.68 bits per heavy atom. The van der Waals surface area contributed by atoms with Crippen molar-refractivity contribution < 1.29 is 9.59 Å². The molecule has 0 saturated heterocycles. The highest BCUT2D eigenvalue weighted by Crippen LogP contribution is 2.21. The van der Waals surface area contributed by atoms with Crippen LogP contribution in [-0.2, 0) is 16.0 Å². The van der Waals surface area contributed by atoms with Gasteiger partial charge in [0.2, 0.25) is 11.8 Å². The number of amides is 2. The average Bonchev–Trinajstić information content (AvgIpc) is 3.08. The molecular weight excluding hydrogens is 350 g/mol. The van der Waals surface area contributed by atoms with Crippen LogP contribution in [0.2, 0.25) is 0 Å². The fourth-order valence-corrected chi connectivity index (χ4v) is 2.95. The number of primary amides is 1. The highest BCUT2D eigenvalue weighted by atomic mass is 16.2. The molecule has 0 aliphatic carbocycles. The van der Waals surface area contributed by atoms with E-state index in [0.29, 0.717) is 6.42 Å². The van der Waals surface area contributed by atoms with Gasteiger partial charge in [0.05, 0.1) is 6.54 Å². The van der Waals surface area contributed by atoms with Crippen LogP contribution in [0.25, 0.3) is 10.9 Å². The number of para-hydroxylation sites is 1. The van der Waals surface area contributed by atoms with E-state index in [1.807, 2.05) is 56.3 Å². The van der Waals surface area contributed by atoms with Gasteiger partial charge >= 0.3 is 0 Å². The molecule has 5 heteroatoms. The molecule has 148 valence electrons. The molecule has 0 radical (unpaired) electrons. The zero-order valence-electron chi connectivity index (χ0n) is 16.7. The van der Waals surface area contributed by atoms with Gasteiger partial charge in [-0.2, -0.15) is 0 Å². The molecule has 0 aliphatic rings. The van der Waals surface area contributed by atoms with Crippen molar-refractivity contribution in [2.24, 2.45) is 17.6 Å². The molecule has 0 spiro atoms. The van der Waals surface area contributed by atoms with Crippen LogP contribution in [-0.4, -0.2) is 23.3 Å². The van der Waals surface area contributed by atoms with E-state index >= 15 is 0 Å². The lowest BCUT2D eigenvalue weighted by Crippen LogP contribution is -2.39. The number of carbonyl (C=O) groups excluding carboxylic acids is 2. The summed E-state index contributed by atoms with van der Waals surface area (Å²) in [4.78, 5) is 26.3. The van der Waals surface area contributed by atoms with Crippen LogP contribution in [0.5, 0.6) is 0 Å². The summed E-state index contributed by atoms with van der Waals surface area (Å²) in [6.45, 7) is 5.96. The number of hydrogen-bond donors (Lipinski definition) is 3. The molecular formula is C23H29N3O2. The Hall–Kier alpha value is -3.08. The Labute approximate surface area is 166 Å². The fraction of sp³-hybridized carbons (Fsp3) is 0.304. The monoisotopic (exact) mass is 379 g/mol. The molecule has 5 nitrogen and oxygen atoms in total. The zero-order valence-corrected chi connectivity index (χ0v) is 16.7. The number of nitrogens with two attached hydrogens (primary N) is 1. The molecule has 2 aromatic carbocycles. The van der Waals surface area contributed by atoms with E-state index in [9.17, 15) is 9.59 Å². The molecule has 1 aromatic heterocycles. The van der Waals surface area contributed by atoms with Crippen LogP contribution in [0.4, 0.5) is 0 Å². The topological polar surface area (TPSA) is 88.0 Å². The minimum Gasteiger partial charge on any atom is -0.368 e. The summed E-state index contributed by atoms with van der Waals surface area (Å²) in [6, 6.07) is 20.3. The second-order valence-electron chi connectivity index (χ2n) is 7.28. The van der Waals surface area contributed by atoms with Crippen LogP contribution in [0.15, 0.2) is 60.7 Å². The van der Waals surface area contributed by atoms with Crippen molar-refractivity contribution in [3.8, 4) is 0 Å². The van der Waals surface area contributed by atoms with Crippen LogP contribution >= 0.6 is 0 Å². The van der Waals surface area contributed by atoms with Gasteiger partial charge in [-0.3, -0.25) is 9.59 Å². The maximum atomic E-state index is 12.2. The van der Waals surface area contributed by atoms with E-state index in [1.165, 1.54) is 5.56 Å². The summed E-state index contributed by atoms with van der Waals surface area (Å²) in [6.07, 6.45) is 0.608. The Morgan fingerprint density at radius 3 is 2.21 bits per heavy atom. The number of nitrogens with one attached hydrogen (secondary N) is 2. The molecule has 2 amide bonds. The number of carbonyl (C=O) groups is 2. The first-order valence-electron chi connectivity index (χ1n) is 9.51. The van der Waals surface area contributed by atoms with E-state index in [2.05, 4.69) is 35.4 Å². The van der Waals surface area contributed by atoms with Crippen molar-refractivity contribution in [3.05, 3.63) is 71.9 Å². The van der Waals surface area contributed by atoms with Gasteiger partial charge in [0.15, 0.2) is 0 Å². The number of fused-ring (bicyclic) bond motifs is 1. The Bertz CT molecular complexity index is 867. The first-order valence-corrected chi connectivity index (χ1v) is 9.51. The molecule has 1 heterocycles. The summed E-state index contributed by atoms with van der Waals surface area (Å²) in [7, 11) is 0. The fourth-order valence-electron chi connectivity index (χ4n) is 2.95. The van der Waals surface area contributed by atoms with Crippen LogP contribution in [0.1, 0.15) is 25.1 Å². The van der Waals surface area contributed by atoms with E-state index in [1.54, 1.807) is 0 Å². The molecule has 3 rings (SSSR count). The molecule has 0 saturated carbocycles. The molecule has 4 N–H and O–H groups in total. The molecule has 0 aliphatic heterocycles. The summed E-state index contributed by atoms with van der Waals surface area (Å²) in [5.74, 6) is -0.694. The first-order chi connectivity index (χ1) is 13.4. The minimum absolute atomic E-state index is 0.116. The van der Waals surface area contributed by atoms with E-state index in [-0.39, 0.29) is 24.3 Å². The quantitative estimate of drug-likeness (QED) is 0.611. The lowest BCUT2D eigenvalue weighted by molar-refractivity contribution is -0.128. The molecule has 1 unspecified atom stereocenters. The second-order valence-corrected chi connectivity index (χ2v) is 7.28. The molecule has 3 aromatic rings. The SMILES string of the molecule is CC(C)C(Cc1cc2ccccc2[nH]1)C(=O)NCC(N)=O.Cc1ccccc1. The summed E-state index contributed by atoms with van der Waals surface area (Å²) < 4.78 is 0. The minimum atomic E-state index is -0.531. The van der Waals surface area contributed by atoms with Crippen molar-refractivity contribution in [2.75, 3.05) is 6.54 Å². The Morgan fingerprint density at radius 1 is 1.04 bits per heavy atom. The summed E-state index contributed by atoms with van der Waals surface area (Å²) >= 11 is 0. The van der Waals surface area contributed by atoms with E-state index < -0.39 is 5.91 Å². The lowest BCUT2D eigenvalue weighted by atomic mass is 9.90. The first kappa shape index (κ1) is 21.2. The van der Waals surface area contributed by atoms with Gasteiger partial charge in [0.1, 0.15) is 0 Å². The van der Waals surface area contributed by atoms with Gasteiger partial charge in [-0.1, -0.05) is 67.9 Å². The normalized spacial score (nSPS) is 11.6. The van der Waals surface area contributed by atoms with E-state index in [0.717, 1.165) is 16.6 Å². The van der Waals surface area contributed by atoms with Gasteiger partial charge in [0.25, 0.3) is 0 Å². The molecule has 28 heavy (non-hydrogen) atoms. The number of benzene rings is 2. The third-order valence-electron chi connectivity index (χ3n) is 4.54. The molecule has 1 atom stereocenters. The number of hydrogen-bond acceptors (Lipinski definition) is 2. The number of aryl methyl sites for hydroxylation is 1. The van der Waals surface area contributed by atoms with Crippen molar-refractivity contribution in [1.29, 1.82) is 0 Å². The van der Waals surface area contributed by atoms with Gasteiger partial charge in [-0.25, -0.2) is 0 Å².